The second kappa shape index (κ2) is 9.96. The van der Waals surface area contributed by atoms with Gasteiger partial charge in [0.05, 0.1) is 6.10 Å². The molecule has 2 unspecified atom stereocenters. The second-order valence-electron chi connectivity index (χ2n) is 8.52. The third-order valence-electron chi connectivity index (χ3n) is 6.22. The molecule has 0 bridgehead atoms. The van der Waals surface area contributed by atoms with Gasteiger partial charge in [0.25, 0.3) is 0 Å². The fraction of sp³-hybridized carbons (Fsp3) is 0.296. The summed E-state index contributed by atoms with van der Waals surface area (Å²) in [6.45, 7) is 4.13. The van der Waals surface area contributed by atoms with Crippen molar-refractivity contribution in [1.29, 1.82) is 0 Å². The van der Waals surface area contributed by atoms with E-state index in [9.17, 15) is 15.0 Å². The SMILES string of the molecule is Cc1cc(C(O)C(O)CCNC(=O)OCC2c3ccccc3-c3ccccc32)cc(C)c1Cl. The number of nitrogens with one attached hydrogen (secondary N) is 1. The van der Waals surface area contributed by atoms with Gasteiger partial charge in [-0.05, 0) is 59.2 Å². The first kappa shape index (κ1) is 23.3. The zero-order valence-electron chi connectivity index (χ0n) is 18.7. The molecule has 1 aliphatic carbocycles. The van der Waals surface area contributed by atoms with E-state index in [1.807, 2.05) is 38.1 Å². The van der Waals surface area contributed by atoms with Gasteiger partial charge < -0.3 is 20.3 Å². The molecule has 0 radical (unpaired) electrons. The number of rotatable bonds is 7. The highest BCUT2D eigenvalue weighted by atomic mass is 35.5. The Labute approximate surface area is 199 Å². The van der Waals surface area contributed by atoms with E-state index in [0.717, 1.165) is 22.3 Å². The molecule has 2 atom stereocenters. The molecule has 4 rings (SSSR count). The third kappa shape index (κ3) is 4.91. The monoisotopic (exact) mass is 465 g/mol. The highest BCUT2D eigenvalue weighted by Gasteiger charge is 2.29. The molecule has 0 saturated heterocycles. The number of amides is 1. The second-order valence-corrected chi connectivity index (χ2v) is 8.90. The predicted octanol–water partition coefficient (Wildman–Crippen LogP) is 5.28. The van der Waals surface area contributed by atoms with Crippen molar-refractivity contribution in [2.75, 3.05) is 13.2 Å². The van der Waals surface area contributed by atoms with Gasteiger partial charge in [0.15, 0.2) is 0 Å². The van der Waals surface area contributed by atoms with Gasteiger partial charge in [0.2, 0.25) is 0 Å². The molecule has 3 aromatic carbocycles. The zero-order chi connectivity index (χ0) is 23.5. The number of aliphatic hydroxyl groups is 2. The van der Waals surface area contributed by atoms with Crippen LogP contribution in [0.2, 0.25) is 5.02 Å². The van der Waals surface area contributed by atoms with E-state index in [4.69, 9.17) is 16.3 Å². The highest BCUT2D eigenvalue weighted by molar-refractivity contribution is 6.32. The van der Waals surface area contributed by atoms with Gasteiger partial charge in [-0.1, -0.05) is 72.3 Å². The highest BCUT2D eigenvalue weighted by Crippen LogP contribution is 2.44. The summed E-state index contributed by atoms with van der Waals surface area (Å²) >= 11 is 6.18. The van der Waals surface area contributed by atoms with E-state index in [0.29, 0.717) is 10.6 Å². The molecule has 0 fully saturated rings. The Morgan fingerprint density at radius 1 is 1.00 bits per heavy atom. The molecule has 0 aliphatic heterocycles. The first-order valence-electron chi connectivity index (χ1n) is 11.1. The molecule has 33 heavy (non-hydrogen) atoms. The van der Waals surface area contributed by atoms with Crippen molar-refractivity contribution in [1.82, 2.24) is 5.32 Å². The van der Waals surface area contributed by atoms with E-state index in [2.05, 4.69) is 29.6 Å². The molecule has 0 aromatic heterocycles. The molecule has 1 amide bonds. The maximum Gasteiger partial charge on any atom is 0.407 e. The first-order chi connectivity index (χ1) is 15.9. The van der Waals surface area contributed by atoms with Crippen LogP contribution in [0.15, 0.2) is 60.7 Å². The summed E-state index contributed by atoms with van der Waals surface area (Å²) in [6.07, 6.45) is -2.45. The number of alkyl carbamates (subject to hydrolysis) is 1. The minimum atomic E-state index is -1.07. The lowest BCUT2D eigenvalue weighted by atomic mass is 9.98. The molecule has 5 nitrogen and oxygen atoms in total. The third-order valence-corrected chi connectivity index (χ3v) is 6.81. The molecular weight excluding hydrogens is 438 g/mol. The van der Waals surface area contributed by atoms with Crippen molar-refractivity contribution < 1.29 is 19.7 Å². The Balaban J connectivity index is 1.29. The Morgan fingerprint density at radius 2 is 1.55 bits per heavy atom. The van der Waals surface area contributed by atoms with E-state index >= 15 is 0 Å². The summed E-state index contributed by atoms with van der Waals surface area (Å²) in [4.78, 5) is 12.3. The lowest BCUT2D eigenvalue weighted by Crippen LogP contribution is -2.30. The summed E-state index contributed by atoms with van der Waals surface area (Å²) in [5.74, 6) is -0.00746. The molecule has 0 spiro atoms. The fourth-order valence-electron chi connectivity index (χ4n) is 4.50. The summed E-state index contributed by atoms with van der Waals surface area (Å²) in [5, 5.41) is 24.2. The predicted molar refractivity (Wildman–Crippen MR) is 130 cm³/mol. The maximum atomic E-state index is 12.3. The first-order valence-corrected chi connectivity index (χ1v) is 11.5. The lowest BCUT2D eigenvalue weighted by Gasteiger charge is -2.20. The number of fused-ring (bicyclic) bond motifs is 3. The molecule has 3 N–H and O–H groups in total. The quantitative estimate of drug-likeness (QED) is 0.443. The van der Waals surface area contributed by atoms with Crippen molar-refractivity contribution in [3.05, 3.63) is 93.5 Å². The van der Waals surface area contributed by atoms with Crippen LogP contribution in [0.1, 0.15) is 46.3 Å². The number of benzene rings is 3. The van der Waals surface area contributed by atoms with Crippen molar-refractivity contribution in [3.63, 3.8) is 0 Å². The molecule has 1 aliphatic rings. The summed E-state index contributed by atoms with van der Waals surface area (Å²) in [6, 6.07) is 19.9. The summed E-state index contributed by atoms with van der Waals surface area (Å²) in [5.41, 5.74) is 6.93. The van der Waals surface area contributed by atoms with Crippen molar-refractivity contribution in [2.45, 2.75) is 38.4 Å². The van der Waals surface area contributed by atoms with Crippen LogP contribution in [0.3, 0.4) is 0 Å². The smallest absolute Gasteiger partial charge is 0.407 e. The maximum absolute atomic E-state index is 12.3. The molecule has 0 saturated carbocycles. The number of halogens is 1. The van der Waals surface area contributed by atoms with Crippen LogP contribution >= 0.6 is 11.6 Å². The minimum absolute atomic E-state index is 0.00746. The summed E-state index contributed by atoms with van der Waals surface area (Å²) < 4.78 is 5.50. The van der Waals surface area contributed by atoms with Gasteiger partial charge in [-0.25, -0.2) is 4.79 Å². The van der Waals surface area contributed by atoms with Crippen LogP contribution in [0, 0.1) is 13.8 Å². The van der Waals surface area contributed by atoms with Gasteiger partial charge in [-0.15, -0.1) is 0 Å². The number of carbonyl (C=O) groups is 1. The Hall–Kier alpha value is -2.86. The average Bonchev–Trinajstić information content (AvgIpc) is 3.14. The standard InChI is InChI=1S/C27H28ClNO4/c1-16-13-18(14-17(2)25(16)28)26(31)24(30)11-12-29-27(32)33-15-23-21-9-5-3-7-19(21)20-8-4-6-10-22(20)23/h3-10,13-14,23-24,26,30-31H,11-12,15H2,1-2H3,(H,29,32). The molecule has 6 heteroatoms. The van der Waals surface area contributed by atoms with Crippen molar-refractivity contribution in [3.8, 4) is 11.1 Å². The van der Waals surface area contributed by atoms with Gasteiger partial charge in [0, 0.05) is 17.5 Å². The Kier molecular flexibility index (Phi) is 7.03. The van der Waals surface area contributed by atoms with Crippen molar-refractivity contribution >= 4 is 17.7 Å². The van der Waals surface area contributed by atoms with E-state index in [1.165, 1.54) is 11.1 Å². The van der Waals surface area contributed by atoms with Gasteiger partial charge >= 0.3 is 6.09 Å². The number of hydrogen-bond donors (Lipinski definition) is 3. The van der Waals surface area contributed by atoms with E-state index in [-0.39, 0.29) is 25.5 Å². The molecule has 3 aromatic rings. The minimum Gasteiger partial charge on any atom is -0.449 e. The van der Waals surface area contributed by atoms with Crippen LogP contribution in [0.25, 0.3) is 11.1 Å². The fourth-order valence-corrected chi connectivity index (χ4v) is 4.61. The topological polar surface area (TPSA) is 78.8 Å². The number of hydrogen-bond acceptors (Lipinski definition) is 4. The average molecular weight is 466 g/mol. The van der Waals surface area contributed by atoms with Crippen LogP contribution in [0.4, 0.5) is 4.79 Å². The zero-order valence-corrected chi connectivity index (χ0v) is 19.5. The van der Waals surface area contributed by atoms with Crippen LogP contribution in [0.5, 0.6) is 0 Å². The lowest BCUT2D eigenvalue weighted by molar-refractivity contribution is 0.0136. The molecule has 0 heterocycles. The molecular formula is C27H28ClNO4. The van der Waals surface area contributed by atoms with Crippen molar-refractivity contribution in [2.24, 2.45) is 0 Å². The largest absolute Gasteiger partial charge is 0.449 e. The van der Waals surface area contributed by atoms with E-state index in [1.54, 1.807) is 12.1 Å². The van der Waals surface area contributed by atoms with Gasteiger partial charge in [-0.3, -0.25) is 0 Å². The van der Waals surface area contributed by atoms with Gasteiger partial charge in [-0.2, -0.15) is 0 Å². The Morgan fingerprint density at radius 3 is 2.12 bits per heavy atom. The summed E-state index contributed by atoms with van der Waals surface area (Å²) in [7, 11) is 0. The van der Waals surface area contributed by atoms with E-state index < -0.39 is 18.3 Å². The number of ether oxygens (including phenoxy) is 1. The Bertz CT molecular complexity index is 1090. The number of aryl methyl sites for hydroxylation is 2. The number of carbonyl (C=O) groups excluding carboxylic acids is 1. The normalized spacial score (nSPS) is 14.3. The molecule has 172 valence electrons. The van der Waals surface area contributed by atoms with Gasteiger partial charge in [0.1, 0.15) is 12.7 Å². The van der Waals surface area contributed by atoms with Crippen LogP contribution in [-0.4, -0.2) is 35.6 Å². The number of aliphatic hydroxyl groups excluding tert-OH is 2. The van der Waals surface area contributed by atoms with Crippen LogP contribution < -0.4 is 5.32 Å². The van der Waals surface area contributed by atoms with Crippen LogP contribution in [-0.2, 0) is 4.74 Å².